The molecule has 0 saturated carbocycles. The normalized spacial score (nSPS) is 13.1. The molecule has 2 nitrogen and oxygen atoms in total. The number of alkyl halides is 1. The molecule has 0 N–H and O–H groups in total. The van der Waals surface area contributed by atoms with Gasteiger partial charge in [-0.2, -0.15) is 0 Å². The average Bonchev–Trinajstić information content (AvgIpc) is 2.18. The summed E-state index contributed by atoms with van der Waals surface area (Å²) < 4.78 is 2.70. The topological polar surface area (TPSA) is 22.0 Å². The summed E-state index contributed by atoms with van der Waals surface area (Å²) in [5, 5.41) is 0.920. The minimum absolute atomic E-state index is 0.0600. The van der Waals surface area contributed by atoms with E-state index in [9.17, 15) is 4.79 Å². The Labute approximate surface area is 107 Å². The van der Waals surface area contributed by atoms with Crippen LogP contribution in [0, 0.1) is 11.8 Å². The van der Waals surface area contributed by atoms with Crippen molar-refractivity contribution in [1.82, 2.24) is 4.57 Å². The van der Waals surface area contributed by atoms with Gasteiger partial charge in [0.05, 0.1) is 0 Å². The molecule has 0 aliphatic heterocycles. The Morgan fingerprint density at radius 2 is 2.07 bits per heavy atom. The zero-order chi connectivity index (χ0) is 11.4. The van der Waals surface area contributed by atoms with Crippen molar-refractivity contribution < 1.29 is 0 Å². The van der Waals surface area contributed by atoms with Crippen LogP contribution in [0.4, 0.5) is 0 Å². The smallest absolute Gasteiger partial charge is 0.250 e. The van der Waals surface area contributed by atoms with Gasteiger partial charge in [0, 0.05) is 28.6 Å². The summed E-state index contributed by atoms with van der Waals surface area (Å²) in [6.45, 7) is 5.12. The lowest BCUT2D eigenvalue weighted by Crippen LogP contribution is -2.26. The maximum atomic E-state index is 11.6. The number of hydrogen-bond donors (Lipinski definition) is 0. The van der Waals surface area contributed by atoms with E-state index in [-0.39, 0.29) is 5.56 Å². The Morgan fingerprint density at radius 1 is 1.40 bits per heavy atom. The Hall–Kier alpha value is -0.0900. The summed E-state index contributed by atoms with van der Waals surface area (Å²) >= 11 is 6.86. The summed E-state index contributed by atoms with van der Waals surface area (Å²) in [5.74, 6) is 1.05. The first kappa shape index (κ1) is 13.0. The van der Waals surface area contributed by atoms with Crippen molar-refractivity contribution in [1.29, 1.82) is 0 Å². The summed E-state index contributed by atoms with van der Waals surface area (Å²) in [5.41, 5.74) is 0.0600. The third-order valence-corrected chi connectivity index (χ3v) is 3.82. The van der Waals surface area contributed by atoms with Crippen LogP contribution in [0.5, 0.6) is 0 Å². The van der Waals surface area contributed by atoms with E-state index in [1.54, 1.807) is 16.7 Å². The largest absolute Gasteiger partial charge is 0.314 e. The molecule has 0 bridgehead atoms. The molecule has 1 rings (SSSR count). The first-order chi connectivity index (χ1) is 7.04. The molecule has 1 heterocycles. The first-order valence-corrected chi connectivity index (χ1v) is 6.88. The van der Waals surface area contributed by atoms with Gasteiger partial charge in [0.25, 0.3) is 5.56 Å². The second kappa shape index (κ2) is 5.85. The minimum Gasteiger partial charge on any atom is -0.314 e. The fraction of sp³-hybridized carbons (Fsp3) is 0.545. The number of halogens is 2. The number of pyridine rings is 1. The molecule has 15 heavy (non-hydrogen) atoms. The maximum Gasteiger partial charge on any atom is 0.250 e. The summed E-state index contributed by atoms with van der Waals surface area (Å²) in [4.78, 5) is 11.6. The molecular weight excluding hydrogens is 322 g/mol. The summed E-state index contributed by atoms with van der Waals surface area (Å²) in [6.07, 6.45) is 1.85. The fourth-order valence-electron chi connectivity index (χ4n) is 1.34. The quantitative estimate of drug-likeness (QED) is 0.773. The standard InChI is InChI=1S/C11H15Br2NO/c1-8(2)9(5-12)6-14-7-10(13)3-4-11(14)15/h3-4,7-9H,5-6H2,1-2H3. The zero-order valence-corrected chi connectivity index (χ0v) is 12.1. The minimum atomic E-state index is 0.0600. The SMILES string of the molecule is CC(C)C(CBr)Cn1cc(Br)ccc1=O. The van der Waals surface area contributed by atoms with E-state index in [0.717, 1.165) is 16.3 Å². The van der Waals surface area contributed by atoms with Gasteiger partial charge in [-0.15, -0.1) is 0 Å². The van der Waals surface area contributed by atoms with Gasteiger partial charge >= 0.3 is 0 Å². The van der Waals surface area contributed by atoms with E-state index in [0.29, 0.717) is 11.8 Å². The molecule has 1 unspecified atom stereocenters. The van der Waals surface area contributed by atoms with Gasteiger partial charge in [0.15, 0.2) is 0 Å². The van der Waals surface area contributed by atoms with Crippen LogP contribution >= 0.6 is 31.9 Å². The van der Waals surface area contributed by atoms with Crippen molar-refractivity contribution in [2.24, 2.45) is 11.8 Å². The molecular formula is C11H15Br2NO. The molecule has 0 aliphatic rings. The zero-order valence-electron chi connectivity index (χ0n) is 8.91. The van der Waals surface area contributed by atoms with Crippen molar-refractivity contribution >= 4 is 31.9 Å². The fourth-order valence-corrected chi connectivity index (χ4v) is 2.67. The van der Waals surface area contributed by atoms with E-state index in [1.165, 1.54) is 0 Å². The van der Waals surface area contributed by atoms with Gasteiger partial charge < -0.3 is 4.57 Å². The second-order valence-corrected chi connectivity index (χ2v) is 5.56. The number of aromatic nitrogens is 1. The highest BCUT2D eigenvalue weighted by molar-refractivity contribution is 9.10. The van der Waals surface area contributed by atoms with Gasteiger partial charge in [0.1, 0.15) is 0 Å². The molecule has 0 saturated heterocycles. The molecule has 1 atom stereocenters. The van der Waals surface area contributed by atoms with Crippen LogP contribution in [0.2, 0.25) is 0 Å². The molecule has 0 aliphatic carbocycles. The number of rotatable bonds is 4. The van der Waals surface area contributed by atoms with Crippen molar-refractivity contribution in [3.8, 4) is 0 Å². The molecule has 0 amide bonds. The second-order valence-electron chi connectivity index (χ2n) is 4.00. The Kier molecular flexibility index (Phi) is 5.06. The van der Waals surface area contributed by atoms with Crippen LogP contribution in [-0.4, -0.2) is 9.90 Å². The summed E-state index contributed by atoms with van der Waals surface area (Å²) in [6, 6.07) is 3.37. The lowest BCUT2D eigenvalue weighted by molar-refractivity contribution is 0.368. The monoisotopic (exact) mass is 335 g/mol. The van der Waals surface area contributed by atoms with Crippen molar-refractivity contribution in [3.05, 3.63) is 33.2 Å². The highest BCUT2D eigenvalue weighted by Crippen LogP contribution is 2.16. The van der Waals surface area contributed by atoms with E-state index in [1.807, 2.05) is 6.20 Å². The van der Waals surface area contributed by atoms with Gasteiger partial charge in [-0.25, -0.2) is 0 Å². The molecule has 0 spiro atoms. The Morgan fingerprint density at radius 3 is 2.60 bits per heavy atom. The predicted octanol–water partition coefficient (Wildman–Crippen LogP) is 3.28. The van der Waals surface area contributed by atoms with Crippen molar-refractivity contribution in [2.75, 3.05) is 5.33 Å². The first-order valence-electron chi connectivity index (χ1n) is 4.96. The van der Waals surface area contributed by atoms with E-state index in [4.69, 9.17) is 0 Å². The van der Waals surface area contributed by atoms with Crippen LogP contribution in [0.25, 0.3) is 0 Å². The molecule has 0 radical (unpaired) electrons. The van der Waals surface area contributed by atoms with Gasteiger partial charge in [-0.3, -0.25) is 4.79 Å². The predicted molar refractivity (Wildman–Crippen MR) is 70.5 cm³/mol. The van der Waals surface area contributed by atoms with Gasteiger partial charge in [-0.1, -0.05) is 29.8 Å². The average molecular weight is 337 g/mol. The lowest BCUT2D eigenvalue weighted by Gasteiger charge is -2.19. The molecule has 4 heteroatoms. The molecule has 0 fully saturated rings. The van der Waals surface area contributed by atoms with E-state index < -0.39 is 0 Å². The molecule has 84 valence electrons. The third-order valence-electron chi connectivity index (χ3n) is 2.52. The lowest BCUT2D eigenvalue weighted by atomic mass is 9.98. The van der Waals surface area contributed by atoms with Crippen LogP contribution < -0.4 is 5.56 Å². The highest BCUT2D eigenvalue weighted by atomic mass is 79.9. The summed E-state index contributed by atoms with van der Waals surface area (Å²) in [7, 11) is 0. The van der Waals surface area contributed by atoms with Crippen LogP contribution in [0.3, 0.4) is 0 Å². The molecule has 1 aromatic heterocycles. The Bertz CT molecular complexity index is 373. The third kappa shape index (κ3) is 3.76. The van der Waals surface area contributed by atoms with E-state index in [2.05, 4.69) is 45.7 Å². The van der Waals surface area contributed by atoms with Crippen molar-refractivity contribution in [2.45, 2.75) is 20.4 Å². The number of hydrogen-bond acceptors (Lipinski definition) is 1. The number of nitrogens with zero attached hydrogens (tertiary/aromatic N) is 1. The Balaban J connectivity index is 2.87. The van der Waals surface area contributed by atoms with Crippen LogP contribution in [-0.2, 0) is 6.54 Å². The van der Waals surface area contributed by atoms with Crippen LogP contribution in [0.1, 0.15) is 13.8 Å². The highest BCUT2D eigenvalue weighted by Gasteiger charge is 2.13. The maximum absolute atomic E-state index is 11.6. The van der Waals surface area contributed by atoms with Gasteiger partial charge in [0.2, 0.25) is 0 Å². The van der Waals surface area contributed by atoms with Crippen molar-refractivity contribution in [3.63, 3.8) is 0 Å². The van der Waals surface area contributed by atoms with Gasteiger partial charge in [-0.05, 0) is 33.8 Å². The van der Waals surface area contributed by atoms with Crippen LogP contribution in [0.15, 0.2) is 27.6 Å². The van der Waals surface area contributed by atoms with E-state index >= 15 is 0 Å². The molecule has 0 aromatic carbocycles. The molecule has 1 aromatic rings.